The summed E-state index contributed by atoms with van der Waals surface area (Å²) in [6.45, 7) is 0. The van der Waals surface area contributed by atoms with Crippen LogP contribution < -0.4 is 5.73 Å². The van der Waals surface area contributed by atoms with E-state index in [0.717, 1.165) is 11.3 Å². The molecular formula is C11H9ClN2. The van der Waals surface area contributed by atoms with Crippen LogP contribution in [-0.4, -0.2) is 4.98 Å². The van der Waals surface area contributed by atoms with Crippen molar-refractivity contribution in [1.82, 2.24) is 4.98 Å². The molecule has 70 valence electrons. The largest absolute Gasteiger partial charge is 0.398 e. The highest BCUT2D eigenvalue weighted by Gasteiger charge is 2.02. The molecule has 2 N–H and O–H groups in total. The Balaban J connectivity index is 2.55. The van der Waals surface area contributed by atoms with Crippen molar-refractivity contribution in [1.29, 1.82) is 0 Å². The van der Waals surface area contributed by atoms with Crippen LogP contribution in [-0.2, 0) is 0 Å². The Morgan fingerprint density at radius 3 is 2.50 bits per heavy atom. The lowest BCUT2D eigenvalue weighted by molar-refractivity contribution is 1.33. The maximum atomic E-state index is 5.82. The minimum atomic E-state index is 0.478. The summed E-state index contributed by atoms with van der Waals surface area (Å²) < 4.78 is 0. The lowest BCUT2D eigenvalue weighted by atomic mass is 10.1. The molecule has 0 bridgehead atoms. The van der Waals surface area contributed by atoms with E-state index in [2.05, 4.69) is 4.98 Å². The molecule has 0 fully saturated rings. The van der Waals surface area contributed by atoms with Crippen LogP contribution in [0.5, 0.6) is 0 Å². The van der Waals surface area contributed by atoms with Gasteiger partial charge in [0.05, 0.1) is 5.69 Å². The minimum Gasteiger partial charge on any atom is -0.398 e. The third-order valence-corrected chi connectivity index (χ3v) is 2.16. The minimum absolute atomic E-state index is 0.478. The van der Waals surface area contributed by atoms with Crippen LogP contribution in [0.4, 0.5) is 5.69 Å². The van der Waals surface area contributed by atoms with E-state index in [0.29, 0.717) is 10.8 Å². The first kappa shape index (κ1) is 9.03. The average molecular weight is 205 g/mol. The van der Waals surface area contributed by atoms with Gasteiger partial charge in [0.2, 0.25) is 0 Å². The van der Waals surface area contributed by atoms with Crippen LogP contribution >= 0.6 is 11.6 Å². The van der Waals surface area contributed by atoms with Crippen molar-refractivity contribution in [2.45, 2.75) is 0 Å². The Hall–Kier alpha value is -1.54. The second-order valence-electron chi connectivity index (χ2n) is 2.93. The van der Waals surface area contributed by atoms with Crippen molar-refractivity contribution in [2.24, 2.45) is 0 Å². The number of pyridine rings is 1. The van der Waals surface area contributed by atoms with Gasteiger partial charge in [-0.1, -0.05) is 35.9 Å². The fraction of sp³-hybridized carbons (Fsp3) is 0. The highest BCUT2D eigenvalue weighted by atomic mass is 35.5. The number of para-hydroxylation sites is 1. The van der Waals surface area contributed by atoms with E-state index in [1.165, 1.54) is 0 Å². The number of nitrogens with zero attached hydrogens (tertiary/aromatic N) is 1. The second kappa shape index (κ2) is 3.68. The van der Waals surface area contributed by atoms with Crippen LogP contribution in [0, 0.1) is 0 Å². The molecule has 0 aliphatic rings. The highest BCUT2D eigenvalue weighted by molar-refractivity contribution is 6.29. The van der Waals surface area contributed by atoms with E-state index in [1.807, 2.05) is 36.4 Å². The topological polar surface area (TPSA) is 38.9 Å². The predicted molar refractivity (Wildman–Crippen MR) is 59.1 cm³/mol. The van der Waals surface area contributed by atoms with Gasteiger partial charge in [-0.2, -0.15) is 0 Å². The van der Waals surface area contributed by atoms with Crippen molar-refractivity contribution in [3.8, 4) is 11.3 Å². The lowest BCUT2D eigenvalue weighted by Gasteiger charge is -2.03. The van der Waals surface area contributed by atoms with Crippen molar-refractivity contribution in [2.75, 3.05) is 5.73 Å². The molecule has 0 aliphatic carbocycles. The molecule has 2 rings (SSSR count). The second-order valence-corrected chi connectivity index (χ2v) is 3.32. The maximum absolute atomic E-state index is 5.82. The van der Waals surface area contributed by atoms with Gasteiger partial charge < -0.3 is 5.73 Å². The van der Waals surface area contributed by atoms with E-state index in [-0.39, 0.29) is 0 Å². The zero-order valence-corrected chi connectivity index (χ0v) is 8.20. The molecule has 0 radical (unpaired) electrons. The number of aromatic nitrogens is 1. The molecule has 0 aliphatic heterocycles. The monoisotopic (exact) mass is 204 g/mol. The van der Waals surface area contributed by atoms with Crippen molar-refractivity contribution < 1.29 is 0 Å². The third-order valence-electron chi connectivity index (χ3n) is 1.95. The van der Waals surface area contributed by atoms with Gasteiger partial charge in [-0.15, -0.1) is 0 Å². The number of hydrogen-bond donors (Lipinski definition) is 1. The zero-order chi connectivity index (χ0) is 9.97. The fourth-order valence-corrected chi connectivity index (χ4v) is 1.45. The Morgan fingerprint density at radius 1 is 1.00 bits per heavy atom. The van der Waals surface area contributed by atoms with Gasteiger partial charge >= 0.3 is 0 Å². The summed E-state index contributed by atoms with van der Waals surface area (Å²) in [5, 5.41) is 0.478. The van der Waals surface area contributed by atoms with Crippen LogP contribution in [0.25, 0.3) is 11.3 Å². The third kappa shape index (κ3) is 1.70. The molecule has 1 aromatic heterocycles. The van der Waals surface area contributed by atoms with Crippen LogP contribution in [0.1, 0.15) is 0 Å². The Morgan fingerprint density at radius 2 is 1.79 bits per heavy atom. The summed E-state index contributed by atoms with van der Waals surface area (Å²) in [5.74, 6) is 0. The first-order chi connectivity index (χ1) is 6.77. The van der Waals surface area contributed by atoms with Crippen LogP contribution in [0.2, 0.25) is 5.15 Å². The first-order valence-corrected chi connectivity index (χ1v) is 4.62. The molecule has 2 aromatic rings. The molecular weight excluding hydrogens is 196 g/mol. The van der Waals surface area contributed by atoms with Crippen LogP contribution in [0.3, 0.4) is 0 Å². The van der Waals surface area contributed by atoms with Crippen molar-refractivity contribution >= 4 is 17.3 Å². The molecule has 0 saturated carbocycles. The molecule has 0 unspecified atom stereocenters. The summed E-state index contributed by atoms with van der Waals surface area (Å²) in [6.07, 6.45) is 0. The Bertz CT molecular complexity index is 455. The number of halogens is 1. The Kier molecular flexibility index (Phi) is 2.37. The van der Waals surface area contributed by atoms with Gasteiger partial charge in [0.1, 0.15) is 5.15 Å². The maximum Gasteiger partial charge on any atom is 0.129 e. The molecule has 0 atom stereocenters. The van der Waals surface area contributed by atoms with Crippen molar-refractivity contribution in [3.05, 3.63) is 47.6 Å². The van der Waals surface area contributed by atoms with Gasteiger partial charge in [0, 0.05) is 11.3 Å². The van der Waals surface area contributed by atoms with E-state index in [9.17, 15) is 0 Å². The molecule has 14 heavy (non-hydrogen) atoms. The van der Waals surface area contributed by atoms with Crippen molar-refractivity contribution in [3.63, 3.8) is 0 Å². The van der Waals surface area contributed by atoms with Gasteiger partial charge in [-0.05, 0) is 18.2 Å². The van der Waals surface area contributed by atoms with Gasteiger partial charge in [0.25, 0.3) is 0 Å². The predicted octanol–water partition coefficient (Wildman–Crippen LogP) is 2.98. The molecule has 0 amide bonds. The lowest BCUT2D eigenvalue weighted by Crippen LogP contribution is -1.91. The summed E-state index contributed by atoms with van der Waals surface area (Å²) >= 11 is 5.80. The summed E-state index contributed by atoms with van der Waals surface area (Å²) in [7, 11) is 0. The molecule has 0 spiro atoms. The average Bonchev–Trinajstić information content (AvgIpc) is 2.18. The quantitative estimate of drug-likeness (QED) is 0.573. The SMILES string of the molecule is Nc1ccccc1-c1cccc(Cl)n1. The molecule has 3 heteroatoms. The standard InChI is InChI=1S/C11H9ClN2/c12-11-7-3-6-10(14-11)8-4-1-2-5-9(8)13/h1-7H,13H2. The van der Waals surface area contributed by atoms with E-state index < -0.39 is 0 Å². The van der Waals surface area contributed by atoms with Gasteiger partial charge in [-0.25, -0.2) is 4.98 Å². The smallest absolute Gasteiger partial charge is 0.129 e. The number of hydrogen-bond acceptors (Lipinski definition) is 2. The number of anilines is 1. The van der Waals surface area contributed by atoms with Crippen LogP contribution in [0.15, 0.2) is 42.5 Å². The van der Waals surface area contributed by atoms with Gasteiger partial charge in [-0.3, -0.25) is 0 Å². The van der Waals surface area contributed by atoms with E-state index >= 15 is 0 Å². The van der Waals surface area contributed by atoms with E-state index in [1.54, 1.807) is 6.07 Å². The summed E-state index contributed by atoms with van der Waals surface area (Å²) in [4.78, 5) is 4.19. The number of benzene rings is 1. The zero-order valence-electron chi connectivity index (χ0n) is 7.44. The fourth-order valence-electron chi connectivity index (χ4n) is 1.29. The van der Waals surface area contributed by atoms with Gasteiger partial charge in [0.15, 0.2) is 0 Å². The van der Waals surface area contributed by atoms with E-state index in [4.69, 9.17) is 17.3 Å². The number of nitrogens with two attached hydrogens (primary N) is 1. The number of rotatable bonds is 1. The normalized spacial score (nSPS) is 10.1. The molecule has 0 saturated heterocycles. The molecule has 1 heterocycles. The summed E-state index contributed by atoms with van der Waals surface area (Å²) in [6, 6.07) is 13.1. The Labute approximate surface area is 87.4 Å². The highest BCUT2D eigenvalue weighted by Crippen LogP contribution is 2.24. The summed E-state index contributed by atoms with van der Waals surface area (Å²) in [5.41, 5.74) is 8.24. The number of nitrogen functional groups attached to an aromatic ring is 1. The first-order valence-electron chi connectivity index (χ1n) is 4.25. The molecule has 2 nitrogen and oxygen atoms in total. The molecule has 1 aromatic carbocycles.